The summed E-state index contributed by atoms with van der Waals surface area (Å²) in [4.78, 5) is 26.4. The Hall–Kier alpha value is -2.93. The third-order valence-electron chi connectivity index (χ3n) is 5.08. The average molecular weight is 370 g/mol. The molecule has 2 aromatic carbocycles. The van der Waals surface area contributed by atoms with Gasteiger partial charge < -0.3 is 15.2 Å². The molecule has 6 nitrogen and oxygen atoms in total. The van der Waals surface area contributed by atoms with Gasteiger partial charge in [0.05, 0.1) is 6.54 Å². The zero-order valence-corrected chi connectivity index (χ0v) is 14.5. The number of aliphatic hydroxyl groups excluding tert-OH is 1. The van der Waals surface area contributed by atoms with Crippen molar-refractivity contribution in [1.29, 1.82) is 0 Å². The van der Waals surface area contributed by atoms with Crippen LogP contribution in [0.25, 0.3) is 0 Å². The lowest BCUT2D eigenvalue weighted by Crippen LogP contribution is -2.43. The molecule has 140 valence electrons. The second-order valence-electron chi connectivity index (χ2n) is 6.80. The van der Waals surface area contributed by atoms with Crippen LogP contribution in [0.2, 0.25) is 0 Å². The van der Waals surface area contributed by atoms with Gasteiger partial charge in [0, 0.05) is 0 Å². The molecule has 2 aliphatic rings. The van der Waals surface area contributed by atoms with Crippen LogP contribution < -0.4 is 10.1 Å². The Bertz CT molecular complexity index is 903. The van der Waals surface area contributed by atoms with E-state index in [0.717, 1.165) is 16.0 Å². The number of fused-ring (bicyclic) bond motifs is 2. The van der Waals surface area contributed by atoms with Gasteiger partial charge in [-0.1, -0.05) is 36.4 Å². The van der Waals surface area contributed by atoms with E-state index < -0.39 is 23.5 Å². The number of urea groups is 1. The number of hydrogen-bond acceptors (Lipinski definition) is 4. The average Bonchev–Trinajstić information content (AvgIpc) is 3.15. The predicted octanol–water partition coefficient (Wildman–Crippen LogP) is 1.96. The lowest BCUT2D eigenvalue weighted by atomic mass is 9.92. The molecule has 7 heteroatoms. The van der Waals surface area contributed by atoms with Gasteiger partial charge in [-0.05, 0) is 36.1 Å². The van der Waals surface area contributed by atoms with Crippen LogP contribution in [-0.2, 0) is 16.8 Å². The highest BCUT2D eigenvalue weighted by molar-refractivity contribution is 6.08. The number of benzene rings is 2. The minimum absolute atomic E-state index is 0.00920. The van der Waals surface area contributed by atoms with Crippen LogP contribution in [0, 0.1) is 5.82 Å². The zero-order chi connectivity index (χ0) is 19.0. The summed E-state index contributed by atoms with van der Waals surface area (Å²) < 4.78 is 18.8. The van der Waals surface area contributed by atoms with E-state index in [4.69, 9.17) is 4.74 Å². The summed E-state index contributed by atoms with van der Waals surface area (Å²) in [5, 5.41) is 13.0. The van der Waals surface area contributed by atoms with Gasteiger partial charge in [0.2, 0.25) is 0 Å². The first kappa shape index (κ1) is 17.5. The molecular weight excluding hydrogens is 351 g/mol. The van der Waals surface area contributed by atoms with Gasteiger partial charge in [-0.2, -0.15) is 0 Å². The first-order chi connectivity index (χ1) is 13.0. The van der Waals surface area contributed by atoms with Crippen LogP contribution >= 0.6 is 0 Å². The highest BCUT2D eigenvalue weighted by Crippen LogP contribution is 2.41. The maximum absolute atomic E-state index is 13.6. The quantitative estimate of drug-likeness (QED) is 0.789. The first-order valence-corrected chi connectivity index (χ1v) is 8.79. The smallest absolute Gasteiger partial charge is 0.325 e. The summed E-state index contributed by atoms with van der Waals surface area (Å²) in [6.45, 7) is -0.454. The molecule has 27 heavy (non-hydrogen) atoms. The summed E-state index contributed by atoms with van der Waals surface area (Å²) in [6, 6.07) is 12.8. The van der Waals surface area contributed by atoms with E-state index in [9.17, 15) is 19.1 Å². The van der Waals surface area contributed by atoms with Crippen LogP contribution in [0.3, 0.4) is 0 Å². The number of halogens is 1. The summed E-state index contributed by atoms with van der Waals surface area (Å²) in [7, 11) is 0. The van der Waals surface area contributed by atoms with Gasteiger partial charge in [-0.25, -0.2) is 9.18 Å². The van der Waals surface area contributed by atoms with Crippen LogP contribution in [0.5, 0.6) is 5.75 Å². The molecule has 3 amide bonds. The third-order valence-corrected chi connectivity index (χ3v) is 5.08. The number of ether oxygens (including phenoxy) is 1. The van der Waals surface area contributed by atoms with Gasteiger partial charge >= 0.3 is 6.03 Å². The Morgan fingerprint density at radius 1 is 1.19 bits per heavy atom. The Morgan fingerprint density at radius 2 is 1.93 bits per heavy atom. The molecule has 1 fully saturated rings. The number of nitrogens with zero attached hydrogens (tertiary/aromatic N) is 1. The number of hydrogen-bond donors (Lipinski definition) is 2. The minimum atomic E-state index is -1.13. The van der Waals surface area contributed by atoms with Crippen molar-refractivity contribution in [2.75, 3.05) is 13.2 Å². The highest BCUT2D eigenvalue weighted by atomic mass is 19.1. The molecule has 2 N–H and O–H groups in total. The number of aryl methyl sites for hydroxylation is 1. The molecule has 1 aliphatic heterocycles. The topological polar surface area (TPSA) is 78.9 Å². The van der Waals surface area contributed by atoms with E-state index in [-0.39, 0.29) is 24.8 Å². The first-order valence-electron chi connectivity index (χ1n) is 8.79. The molecule has 0 unspecified atom stereocenters. The van der Waals surface area contributed by atoms with Crippen molar-refractivity contribution in [2.24, 2.45) is 0 Å². The van der Waals surface area contributed by atoms with E-state index in [0.29, 0.717) is 12.8 Å². The van der Waals surface area contributed by atoms with Gasteiger partial charge in [-0.3, -0.25) is 9.69 Å². The van der Waals surface area contributed by atoms with E-state index in [1.54, 1.807) is 6.07 Å². The fourth-order valence-electron chi connectivity index (χ4n) is 3.77. The Kier molecular flexibility index (Phi) is 4.31. The van der Waals surface area contributed by atoms with Crippen LogP contribution in [-0.4, -0.2) is 41.2 Å². The fourth-order valence-corrected chi connectivity index (χ4v) is 3.77. The molecule has 1 aliphatic carbocycles. The van der Waals surface area contributed by atoms with Gasteiger partial charge in [-0.15, -0.1) is 0 Å². The molecule has 0 radical (unpaired) electrons. The van der Waals surface area contributed by atoms with Crippen molar-refractivity contribution in [2.45, 2.75) is 24.5 Å². The highest BCUT2D eigenvalue weighted by Gasteiger charge is 2.55. The molecular formula is C20H19FN2O4. The molecule has 2 atom stereocenters. The van der Waals surface area contributed by atoms with Crippen molar-refractivity contribution in [3.8, 4) is 5.75 Å². The summed E-state index contributed by atoms with van der Waals surface area (Å²) >= 11 is 0. The second kappa shape index (κ2) is 6.66. The number of imide groups is 1. The number of nitrogens with one attached hydrogen (secondary N) is 1. The van der Waals surface area contributed by atoms with Crippen LogP contribution in [0.4, 0.5) is 9.18 Å². The van der Waals surface area contributed by atoms with Gasteiger partial charge in [0.25, 0.3) is 5.91 Å². The molecule has 0 aromatic heterocycles. The predicted molar refractivity (Wildman–Crippen MR) is 94.6 cm³/mol. The van der Waals surface area contributed by atoms with Crippen LogP contribution in [0.1, 0.15) is 17.5 Å². The number of rotatable bonds is 5. The van der Waals surface area contributed by atoms with E-state index >= 15 is 0 Å². The van der Waals surface area contributed by atoms with Crippen molar-refractivity contribution in [3.05, 3.63) is 65.5 Å². The SMILES string of the molecule is O=C1N[C@@]2(CCc3ccccc32)C(=O)N1C[C@@H](O)COc1ccccc1F. The number of carbonyl (C=O) groups is 2. The number of para-hydroxylation sites is 1. The maximum atomic E-state index is 13.6. The van der Waals surface area contributed by atoms with Crippen molar-refractivity contribution < 1.29 is 23.8 Å². The van der Waals surface area contributed by atoms with Crippen molar-refractivity contribution in [3.63, 3.8) is 0 Å². The molecule has 1 heterocycles. The zero-order valence-electron chi connectivity index (χ0n) is 14.5. The molecule has 0 bridgehead atoms. The molecule has 2 aromatic rings. The standard InChI is InChI=1S/C20H19FN2O4/c21-16-7-3-4-8-17(16)27-12-14(24)11-23-18(25)20(22-19(23)26)10-9-13-5-1-2-6-15(13)20/h1-8,14,24H,9-12H2,(H,22,26)/t14-,20-/m1/s1. The molecule has 1 saturated heterocycles. The Balaban J connectivity index is 1.45. The molecule has 4 rings (SSSR count). The molecule has 1 spiro atoms. The summed E-state index contributed by atoms with van der Waals surface area (Å²) in [5.74, 6) is -0.904. The Morgan fingerprint density at radius 3 is 2.74 bits per heavy atom. The fraction of sp³-hybridized carbons (Fsp3) is 0.300. The molecule has 0 saturated carbocycles. The number of carbonyl (C=O) groups excluding carboxylic acids is 2. The summed E-state index contributed by atoms with van der Waals surface area (Å²) in [6.07, 6.45) is 0.0654. The lowest BCUT2D eigenvalue weighted by Gasteiger charge is -2.23. The number of aliphatic hydroxyl groups is 1. The largest absolute Gasteiger partial charge is 0.488 e. The summed E-state index contributed by atoms with van der Waals surface area (Å²) in [5.41, 5.74) is 0.791. The van der Waals surface area contributed by atoms with Gasteiger partial charge in [0.15, 0.2) is 11.6 Å². The lowest BCUT2D eigenvalue weighted by molar-refractivity contribution is -0.132. The van der Waals surface area contributed by atoms with Crippen molar-refractivity contribution in [1.82, 2.24) is 10.2 Å². The van der Waals surface area contributed by atoms with Crippen LogP contribution in [0.15, 0.2) is 48.5 Å². The Labute approximate surface area is 155 Å². The number of amides is 3. The van der Waals surface area contributed by atoms with E-state index in [1.165, 1.54) is 18.2 Å². The minimum Gasteiger partial charge on any atom is -0.488 e. The third kappa shape index (κ3) is 2.94. The van der Waals surface area contributed by atoms with E-state index in [1.807, 2.05) is 24.3 Å². The monoisotopic (exact) mass is 370 g/mol. The number of β-amino-alcohol motifs (C(OH)–C–C–N with tert-alkyl or cyclic N) is 1. The van der Waals surface area contributed by atoms with E-state index in [2.05, 4.69) is 5.32 Å². The second-order valence-corrected chi connectivity index (χ2v) is 6.80. The van der Waals surface area contributed by atoms with Gasteiger partial charge in [0.1, 0.15) is 18.2 Å². The normalized spacial score (nSPS) is 22.1. The van der Waals surface area contributed by atoms with Crippen molar-refractivity contribution >= 4 is 11.9 Å². The maximum Gasteiger partial charge on any atom is 0.325 e.